The first-order chi connectivity index (χ1) is 7.00. The Morgan fingerprint density at radius 1 is 1.33 bits per heavy atom. The van der Waals surface area contributed by atoms with E-state index < -0.39 is 0 Å². The summed E-state index contributed by atoms with van der Waals surface area (Å²) in [7, 11) is 0. The van der Waals surface area contributed by atoms with Crippen molar-refractivity contribution in [3.8, 4) is 0 Å². The molecule has 0 aromatic rings. The Hall–Kier alpha value is -0.610. The fourth-order valence-electron chi connectivity index (χ4n) is 1.45. The fraction of sp³-hybridized carbons (Fsp3) is 0.909. The monoisotopic (exact) mass is 214 g/mol. The summed E-state index contributed by atoms with van der Waals surface area (Å²) in [5, 5.41) is 0. The highest BCUT2D eigenvalue weighted by atomic mass is 16.7. The third-order valence-electron chi connectivity index (χ3n) is 2.55. The van der Waals surface area contributed by atoms with Crippen LogP contribution in [0, 0.1) is 5.41 Å². The maximum atomic E-state index is 11.4. The standard InChI is InChI=1S/C11H22N2O2/c1-11(2,3)10(14)12-15-9-8-13-6-4-5-7-13/h4-9H2,1-3H3,(H,12,14). The van der Waals surface area contributed by atoms with Crippen LogP contribution >= 0.6 is 0 Å². The topological polar surface area (TPSA) is 41.6 Å². The van der Waals surface area contributed by atoms with Crippen LogP contribution in [0.15, 0.2) is 0 Å². The first-order valence-corrected chi connectivity index (χ1v) is 5.65. The third-order valence-corrected chi connectivity index (χ3v) is 2.55. The van der Waals surface area contributed by atoms with E-state index in [9.17, 15) is 4.79 Å². The van der Waals surface area contributed by atoms with Crippen LogP contribution in [-0.4, -0.2) is 37.0 Å². The molecule has 1 saturated heterocycles. The van der Waals surface area contributed by atoms with Crippen molar-refractivity contribution in [1.29, 1.82) is 0 Å². The van der Waals surface area contributed by atoms with E-state index in [2.05, 4.69) is 10.4 Å². The summed E-state index contributed by atoms with van der Waals surface area (Å²) in [6.45, 7) is 9.41. The number of nitrogens with one attached hydrogen (secondary N) is 1. The summed E-state index contributed by atoms with van der Waals surface area (Å²) in [4.78, 5) is 18.9. The summed E-state index contributed by atoms with van der Waals surface area (Å²) in [6.07, 6.45) is 2.57. The van der Waals surface area contributed by atoms with E-state index in [0.29, 0.717) is 6.61 Å². The van der Waals surface area contributed by atoms with Crippen molar-refractivity contribution in [1.82, 2.24) is 10.4 Å². The lowest BCUT2D eigenvalue weighted by Gasteiger charge is -2.18. The molecule has 1 rings (SSSR count). The molecule has 4 heteroatoms. The van der Waals surface area contributed by atoms with Crippen molar-refractivity contribution in [2.24, 2.45) is 5.41 Å². The number of hydroxylamine groups is 1. The molecule has 15 heavy (non-hydrogen) atoms. The molecular weight excluding hydrogens is 192 g/mol. The minimum Gasteiger partial charge on any atom is -0.301 e. The van der Waals surface area contributed by atoms with Gasteiger partial charge >= 0.3 is 0 Å². The van der Waals surface area contributed by atoms with Crippen molar-refractivity contribution < 1.29 is 9.63 Å². The van der Waals surface area contributed by atoms with Gasteiger partial charge in [0.15, 0.2) is 0 Å². The molecule has 1 fully saturated rings. The predicted molar refractivity (Wildman–Crippen MR) is 59.2 cm³/mol. The van der Waals surface area contributed by atoms with Gasteiger partial charge < -0.3 is 4.90 Å². The van der Waals surface area contributed by atoms with Crippen LogP contribution < -0.4 is 5.48 Å². The zero-order chi connectivity index (χ0) is 11.3. The van der Waals surface area contributed by atoms with Gasteiger partial charge in [-0.1, -0.05) is 20.8 Å². The molecule has 0 spiro atoms. The average molecular weight is 214 g/mol. The second-order valence-corrected chi connectivity index (χ2v) is 5.08. The number of likely N-dealkylation sites (tertiary alicyclic amines) is 1. The number of hydrogen-bond acceptors (Lipinski definition) is 3. The van der Waals surface area contributed by atoms with E-state index in [0.717, 1.165) is 19.6 Å². The number of hydrogen-bond donors (Lipinski definition) is 1. The molecule has 0 radical (unpaired) electrons. The summed E-state index contributed by atoms with van der Waals surface area (Å²) in [5.74, 6) is -0.0658. The molecule has 1 aliphatic heterocycles. The molecule has 0 atom stereocenters. The normalized spacial score (nSPS) is 18.1. The van der Waals surface area contributed by atoms with Crippen molar-refractivity contribution in [2.45, 2.75) is 33.6 Å². The third kappa shape index (κ3) is 4.62. The van der Waals surface area contributed by atoms with E-state index in [-0.39, 0.29) is 11.3 Å². The van der Waals surface area contributed by atoms with Gasteiger partial charge in [0.1, 0.15) is 0 Å². The van der Waals surface area contributed by atoms with Crippen molar-refractivity contribution in [3.05, 3.63) is 0 Å². The molecule has 0 aromatic heterocycles. The van der Waals surface area contributed by atoms with E-state index in [1.807, 2.05) is 20.8 Å². The van der Waals surface area contributed by atoms with Crippen molar-refractivity contribution in [2.75, 3.05) is 26.2 Å². The van der Waals surface area contributed by atoms with Gasteiger partial charge in [0.05, 0.1) is 6.61 Å². The van der Waals surface area contributed by atoms with Gasteiger partial charge in [-0.3, -0.25) is 9.63 Å². The fourth-order valence-corrected chi connectivity index (χ4v) is 1.45. The Morgan fingerprint density at radius 3 is 2.47 bits per heavy atom. The molecule has 1 amide bonds. The average Bonchev–Trinajstić information content (AvgIpc) is 2.63. The van der Waals surface area contributed by atoms with E-state index in [1.54, 1.807) is 0 Å². The lowest BCUT2D eigenvalue weighted by molar-refractivity contribution is -0.141. The Morgan fingerprint density at radius 2 is 1.93 bits per heavy atom. The molecule has 0 unspecified atom stereocenters. The number of amides is 1. The molecule has 88 valence electrons. The van der Waals surface area contributed by atoms with Crippen LogP contribution in [0.3, 0.4) is 0 Å². The zero-order valence-corrected chi connectivity index (χ0v) is 10.0. The Balaban J connectivity index is 2.03. The number of nitrogens with zero attached hydrogens (tertiary/aromatic N) is 1. The van der Waals surface area contributed by atoms with Crippen LogP contribution in [0.1, 0.15) is 33.6 Å². The number of carbonyl (C=O) groups is 1. The van der Waals surface area contributed by atoms with Gasteiger partial charge in [-0.25, -0.2) is 5.48 Å². The molecule has 1 aliphatic rings. The summed E-state index contributed by atoms with van der Waals surface area (Å²) < 4.78 is 0. The van der Waals surface area contributed by atoms with Crippen LogP contribution in [0.2, 0.25) is 0 Å². The van der Waals surface area contributed by atoms with E-state index in [1.165, 1.54) is 12.8 Å². The highest BCUT2D eigenvalue weighted by Crippen LogP contribution is 2.12. The van der Waals surface area contributed by atoms with Gasteiger partial charge in [0, 0.05) is 12.0 Å². The second kappa shape index (κ2) is 5.47. The molecular formula is C11H22N2O2. The van der Waals surface area contributed by atoms with Gasteiger partial charge in [-0.05, 0) is 25.9 Å². The van der Waals surface area contributed by atoms with Gasteiger partial charge in [0.25, 0.3) is 0 Å². The van der Waals surface area contributed by atoms with Crippen LogP contribution in [0.5, 0.6) is 0 Å². The minimum atomic E-state index is -0.381. The summed E-state index contributed by atoms with van der Waals surface area (Å²) in [6, 6.07) is 0. The lowest BCUT2D eigenvalue weighted by Crippen LogP contribution is -2.36. The van der Waals surface area contributed by atoms with E-state index in [4.69, 9.17) is 4.84 Å². The SMILES string of the molecule is CC(C)(C)C(=O)NOCCN1CCCC1. The van der Waals surface area contributed by atoms with Crippen molar-refractivity contribution in [3.63, 3.8) is 0 Å². The maximum absolute atomic E-state index is 11.4. The van der Waals surface area contributed by atoms with E-state index >= 15 is 0 Å². The molecule has 0 aliphatic carbocycles. The number of rotatable bonds is 4. The smallest absolute Gasteiger partial charge is 0.248 e. The quantitative estimate of drug-likeness (QED) is 0.564. The highest BCUT2D eigenvalue weighted by molar-refractivity contribution is 5.80. The summed E-state index contributed by atoms with van der Waals surface area (Å²) in [5.41, 5.74) is 2.10. The van der Waals surface area contributed by atoms with Gasteiger partial charge in [-0.15, -0.1) is 0 Å². The molecule has 1 heterocycles. The first-order valence-electron chi connectivity index (χ1n) is 5.65. The van der Waals surface area contributed by atoms with Crippen LogP contribution in [-0.2, 0) is 9.63 Å². The Bertz CT molecular complexity index is 205. The minimum absolute atomic E-state index is 0.0658. The maximum Gasteiger partial charge on any atom is 0.248 e. The Labute approximate surface area is 91.9 Å². The molecule has 0 bridgehead atoms. The predicted octanol–water partition coefficient (Wildman–Crippen LogP) is 1.18. The van der Waals surface area contributed by atoms with Crippen molar-refractivity contribution >= 4 is 5.91 Å². The lowest BCUT2D eigenvalue weighted by atomic mass is 9.96. The Kier molecular flexibility index (Phi) is 4.54. The second-order valence-electron chi connectivity index (χ2n) is 5.08. The molecule has 0 aromatic carbocycles. The van der Waals surface area contributed by atoms with Gasteiger partial charge in [-0.2, -0.15) is 0 Å². The van der Waals surface area contributed by atoms with Crippen LogP contribution in [0.4, 0.5) is 0 Å². The van der Waals surface area contributed by atoms with Gasteiger partial charge in [0.2, 0.25) is 5.91 Å². The molecule has 0 saturated carbocycles. The molecule has 1 N–H and O–H groups in total. The highest BCUT2D eigenvalue weighted by Gasteiger charge is 2.21. The first kappa shape index (κ1) is 12.5. The number of carbonyl (C=O) groups excluding carboxylic acids is 1. The molecule has 4 nitrogen and oxygen atoms in total. The largest absolute Gasteiger partial charge is 0.301 e. The zero-order valence-electron chi connectivity index (χ0n) is 10.0. The summed E-state index contributed by atoms with van der Waals surface area (Å²) >= 11 is 0. The van der Waals surface area contributed by atoms with Crippen LogP contribution in [0.25, 0.3) is 0 Å².